The van der Waals surface area contributed by atoms with Crippen LogP contribution in [-0.4, -0.2) is 66.6 Å². The maximum Gasteiger partial charge on any atom is 0.222 e. The molecule has 0 spiro atoms. The molecule has 1 aromatic rings. The number of guanidine groups is 1. The van der Waals surface area contributed by atoms with Gasteiger partial charge in [-0.05, 0) is 44.7 Å². The van der Waals surface area contributed by atoms with Crippen molar-refractivity contribution in [2.45, 2.75) is 58.0 Å². The second-order valence-corrected chi connectivity index (χ2v) is 7.69. The van der Waals surface area contributed by atoms with Crippen molar-refractivity contribution < 1.29 is 9.18 Å². The molecule has 30 heavy (non-hydrogen) atoms. The molecule has 0 aromatic carbocycles. The fraction of sp³-hybridized carbons (Fsp3) is 0.667. The molecule has 0 saturated carbocycles. The second kappa shape index (κ2) is 12.3. The summed E-state index contributed by atoms with van der Waals surface area (Å²) in [4.78, 5) is 24.9. The van der Waals surface area contributed by atoms with Crippen molar-refractivity contribution in [2.75, 3.05) is 37.6 Å². The predicted molar refractivity (Wildman–Crippen MR) is 129 cm³/mol. The van der Waals surface area contributed by atoms with E-state index in [4.69, 9.17) is 4.99 Å². The van der Waals surface area contributed by atoms with E-state index in [1.165, 1.54) is 6.07 Å². The van der Waals surface area contributed by atoms with Crippen LogP contribution in [0.3, 0.4) is 0 Å². The van der Waals surface area contributed by atoms with E-state index in [0.717, 1.165) is 51.3 Å². The van der Waals surface area contributed by atoms with E-state index < -0.39 is 0 Å². The van der Waals surface area contributed by atoms with E-state index in [0.29, 0.717) is 25.3 Å². The quantitative estimate of drug-likeness (QED) is 0.306. The third-order valence-corrected chi connectivity index (χ3v) is 5.67. The van der Waals surface area contributed by atoms with Crippen LogP contribution in [-0.2, 0) is 4.79 Å². The summed E-state index contributed by atoms with van der Waals surface area (Å²) in [7, 11) is 0. The molecular weight excluding hydrogens is 498 g/mol. The Labute approximate surface area is 195 Å². The molecule has 0 bridgehead atoms. The number of anilines is 1. The number of likely N-dealkylation sites (tertiary alicyclic amines) is 1. The van der Waals surface area contributed by atoms with Crippen molar-refractivity contribution in [3.63, 3.8) is 0 Å². The number of hydrogen-bond acceptors (Lipinski definition) is 4. The van der Waals surface area contributed by atoms with E-state index in [2.05, 4.69) is 22.5 Å². The van der Waals surface area contributed by atoms with E-state index >= 15 is 0 Å². The molecular formula is C21H34FIN6O. The SMILES string of the molecule is CCNC(=NCCC(CC)N1CCCC1=O)NC1CCN(c2ncccc2F)C1.I. The molecule has 2 unspecified atom stereocenters. The smallest absolute Gasteiger partial charge is 0.222 e. The van der Waals surface area contributed by atoms with Crippen LogP contribution >= 0.6 is 24.0 Å². The lowest BCUT2D eigenvalue weighted by molar-refractivity contribution is -0.129. The summed E-state index contributed by atoms with van der Waals surface area (Å²) < 4.78 is 14.0. The molecule has 2 aliphatic heterocycles. The minimum Gasteiger partial charge on any atom is -0.357 e. The van der Waals surface area contributed by atoms with Crippen LogP contribution in [0.5, 0.6) is 0 Å². The topological polar surface area (TPSA) is 72.9 Å². The lowest BCUT2D eigenvalue weighted by Crippen LogP contribution is -2.45. The highest BCUT2D eigenvalue weighted by atomic mass is 127. The Balaban J connectivity index is 0.00000320. The summed E-state index contributed by atoms with van der Waals surface area (Å²) >= 11 is 0. The zero-order chi connectivity index (χ0) is 20.6. The van der Waals surface area contributed by atoms with E-state index in [1.54, 1.807) is 12.3 Å². The Hall–Kier alpha value is -1.65. The lowest BCUT2D eigenvalue weighted by atomic mass is 10.1. The van der Waals surface area contributed by atoms with Gasteiger partial charge >= 0.3 is 0 Å². The number of amides is 1. The molecule has 2 fully saturated rings. The summed E-state index contributed by atoms with van der Waals surface area (Å²) in [5.41, 5.74) is 0. The molecule has 7 nitrogen and oxygen atoms in total. The normalized spacial score (nSPS) is 20.3. The molecule has 3 rings (SSSR count). The minimum absolute atomic E-state index is 0. The van der Waals surface area contributed by atoms with Crippen LogP contribution in [0.1, 0.15) is 46.0 Å². The minimum atomic E-state index is -0.282. The Kier molecular flexibility index (Phi) is 10.1. The summed E-state index contributed by atoms with van der Waals surface area (Å²) in [6.07, 6.45) is 6.00. The van der Waals surface area contributed by atoms with Crippen molar-refractivity contribution in [2.24, 2.45) is 4.99 Å². The summed E-state index contributed by atoms with van der Waals surface area (Å²) in [5, 5.41) is 6.77. The molecule has 0 aliphatic carbocycles. The van der Waals surface area contributed by atoms with Gasteiger partial charge < -0.3 is 20.4 Å². The van der Waals surface area contributed by atoms with E-state index in [9.17, 15) is 9.18 Å². The van der Waals surface area contributed by atoms with Gasteiger partial charge in [-0.15, -0.1) is 24.0 Å². The average molecular weight is 532 g/mol. The largest absolute Gasteiger partial charge is 0.357 e. The van der Waals surface area contributed by atoms with Gasteiger partial charge in [0.15, 0.2) is 17.6 Å². The van der Waals surface area contributed by atoms with Crippen molar-refractivity contribution in [1.82, 2.24) is 20.5 Å². The molecule has 168 valence electrons. The number of nitrogens with zero attached hydrogens (tertiary/aromatic N) is 4. The van der Waals surface area contributed by atoms with Gasteiger partial charge in [0, 0.05) is 57.4 Å². The molecule has 1 aromatic heterocycles. The number of aliphatic imine (C=N–C) groups is 1. The van der Waals surface area contributed by atoms with Gasteiger partial charge in [0.1, 0.15) is 0 Å². The number of hydrogen-bond donors (Lipinski definition) is 2. The summed E-state index contributed by atoms with van der Waals surface area (Å²) in [6, 6.07) is 3.52. The third-order valence-electron chi connectivity index (χ3n) is 5.67. The van der Waals surface area contributed by atoms with Gasteiger partial charge in [-0.1, -0.05) is 6.92 Å². The first-order chi connectivity index (χ1) is 14.1. The van der Waals surface area contributed by atoms with Crippen LogP contribution in [0.15, 0.2) is 23.3 Å². The fourth-order valence-corrected chi connectivity index (χ4v) is 4.15. The highest BCUT2D eigenvalue weighted by Crippen LogP contribution is 2.21. The van der Waals surface area contributed by atoms with Gasteiger partial charge in [0.2, 0.25) is 5.91 Å². The van der Waals surface area contributed by atoms with Crippen molar-refractivity contribution in [3.05, 3.63) is 24.1 Å². The first-order valence-electron chi connectivity index (χ1n) is 10.8. The molecule has 2 aliphatic rings. The Morgan fingerprint density at radius 1 is 1.40 bits per heavy atom. The zero-order valence-electron chi connectivity index (χ0n) is 17.9. The molecule has 9 heteroatoms. The van der Waals surface area contributed by atoms with Crippen LogP contribution in [0.4, 0.5) is 10.2 Å². The number of pyridine rings is 1. The first-order valence-corrected chi connectivity index (χ1v) is 10.8. The standard InChI is InChI=1S/C21H33FN6O.HI/c1-3-17(28-13-6-8-19(28)29)9-12-25-21(23-4-2)26-16-10-14-27(15-16)20-18(22)7-5-11-24-20;/h5,7,11,16-17H,3-4,6,8-10,12-15H2,1-2H3,(H2,23,25,26);1H. The number of halogens is 2. The summed E-state index contributed by atoms with van der Waals surface area (Å²) in [5.74, 6) is 1.19. The van der Waals surface area contributed by atoms with Crippen LogP contribution in [0.25, 0.3) is 0 Å². The number of rotatable bonds is 8. The lowest BCUT2D eigenvalue weighted by Gasteiger charge is -2.26. The van der Waals surface area contributed by atoms with Gasteiger partial charge in [-0.2, -0.15) is 0 Å². The highest BCUT2D eigenvalue weighted by molar-refractivity contribution is 14.0. The fourth-order valence-electron chi connectivity index (χ4n) is 4.15. The molecule has 3 heterocycles. The van der Waals surface area contributed by atoms with Gasteiger partial charge in [-0.25, -0.2) is 9.37 Å². The van der Waals surface area contributed by atoms with Crippen LogP contribution in [0, 0.1) is 5.82 Å². The first kappa shape index (κ1) is 24.6. The van der Waals surface area contributed by atoms with Crippen LogP contribution in [0.2, 0.25) is 0 Å². The van der Waals surface area contributed by atoms with Crippen molar-refractivity contribution in [3.8, 4) is 0 Å². The Morgan fingerprint density at radius 3 is 2.90 bits per heavy atom. The number of nitrogens with one attached hydrogen (secondary N) is 2. The highest BCUT2D eigenvalue weighted by Gasteiger charge is 2.27. The monoisotopic (exact) mass is 532 g/mol. The van der Waals surface area contributed by atoms with Gasteiger partial charge in [0.25, 0.3) is 0 Å². The Bertz CT molecular complexity index is 718. The number of carbonyl (C=O) groups excluding carboxylic acids is 1. The second-order valence-electron chi connectivity index (χ2n) is 7.69. The molecule has 2 N–H and O–H groups in total. The summed E-state index contributed by atoms with van der Waals surface area (Å²) in [6.45, 7) is 7.95. The maximum atomic E-state index is 14.0. The molecule has 2 saturated heterocycles. The zero-order valence-corrected chi connectivity index (χ0v) is 20.3. The van der Waals surface area contributed by atoms with E-state index in [1.807, 2.05) is 16.7 Å². The van der Waals surface area contributed by atoms with Crippen LogP contribution < -0.4 is 15.5 Å². The van der Waals surface area contributed by atoms with Gasteiger partial charge in [-0.3, -0.25) is 9.79 Å². The number of aromatic nitrogens is 1. The molecule has 0 radical (unpaired) electrons. The van der Waals surface area contributed by atoms with Crippen molar-refractivity contribution in [1.29, 1.82) is 0 Å². The third kappa shape index (κ3) is 6.42. The molecule has 2 atom stereocenters. The average Bonchev–Trinajstić information content (AvgIpc) is 3.35. The maximum absolute atomic E-state index is 14.0. The number of carbonyl (C=O) groups is 1. The van der Waals surface area contributed by atoms with E-state index in [-0.39, 0.29) is 47.8 Å². The van der Waals surface area contributed by atoms with Crippen molar-refractivity contribution >= 4 is 41.7 Å². The van der Waals surface area contributed by atoms with Gasteiger partial charge in [0.05, 0.1) is 0 Å². The predicted octanol–water partition coefficient (Wildman–Crippen LogP) is 2.76. The Morgan fingerprint density at radius 2 is 2.23 bits per heavy atom. The molecule has 1 amide bonds.